The van der Waals surface area contributed by atoms with Gasteiger partial charge in [0.25, 0.3) is 0 Å². The zero-order valence-corrected chi connectivity index (χ0v) is 22.2. The fourth-order valence-corrected chi connectivity index (χ4v) is 7.13. The monoisotopic (exact) mass is 538 g/mol. The lowest BCUT2D eigenvalue weighted by atomic mass is 10.0. The molecule has 2 aliphatic rings. The molecule has 2 aliphatic carbocycles. The van der Waals surface area contributed by atoms with Crippen molar-refractivity contribution in [3.8, 4) is 0 Å². The van der Waals surface area contributed by atoms with Crippen LogP contribution in [-0.4, -0.2) is 23.4 Å². The van der Waals surface area contributed by atoms with Crippen molar-refractivity contribution in [1.29, 1.82) is 0 Å². The third kappa shape index (κ3) is 4.78. The largest absolute Gasteiger partial charge is 0.337 e. The first kappa shape index (κ1) is 27.0. The van der Waals surface area contributed by atoms with E-state index in [-0.39, 0.29) is 9.75 Å². The second kappa shape index (κ2) is 10.7. The molecule has 2 nitrogen and oxygen atoms in total. The first-order valence-corrected chi connectivity index (χ1v) is 14.3. The van der Waals surface area contributed by atoms with Gasteiger partial charge in [-0.05, 0) is 49.9 Å². The minimum Gasteiger partial charge on any atom is -0.287 e. The summed E-state index contributed by atoms with van der Waals surface area (Å²) in [6.45, 7) is 4.18. The van der Waals surface area contributed by atoms with Gasteiger partial charge < -0.3 is 0 Å². The molecule has 0 atom stereocenters. The van der Waals surface area contributed by atoms with Crippen LogP contribution in [0.5, 0.6) is 0 Å². The Hall–Kier alpha value is -2.06. The fourth-order valence-electron chi connectivity index (χ4n) is 4.86. The average molecular weight is 539 g/mol. The smallest absolute Gasteiger partial charge is 0.287 e. The van der Waals surface area contributed by atoms with Crippen molar-refractivity contribution in [2.45, 2.75) is 89.9 Å². The van der Waals surface area contributed by atoms with E-state index in [0.29, 0.717) is 12.8 Å². The molecule has 2 heterocycles. The summed E-state index contributed by atoms with van der Waals surface area (Å²) >= 11 is 2.10. The standard InChI is InChI=1S/C28H30F4O2S2/c1-3-5-7-9-11-17-13-15-19(35-17)23-21-22(26(34)27(23,29)30)24(28(31,32)25(21)33)20-16-14-18(36-20)12-10-8-6-4-2/h13-16H,3-12H2,1-2H3. The maximum atomic E-state index is 15.3. The number of allylic oxidation sites excluding steroid dienone is 4. The van der Waals surface area contributed by atoms with Crippen LogP contribution >= 0.6 is 22.7 Å². The molecule has 0 radical (unpaired) electrons. The van der Waals surface area contributed by atoms with Gasteiger partial charge in [-0.3, -0.25) is 9.59 Å². The number of unbranched alkanes of at least 4 members (excludes halogenated alkanes) is 6. The molecule has 0 unspecified atom stereocenters. The third-order valence-electron chi connectivity index (χ3n) is 6.77. The van der Waals surface area contributed by atoms with E-state index in [2.05, 4.69) is 13.8 Å². The molecule has 0 amide bonds. The second-order valence-corrected chi connectivity index (χ2v) is 11.8. The summed E-state index contributed by atoms with van der Waals surface area (Å²) in [5.74, 6) is -11.5. The molecule has 4 rings (SSSR count). The third-order valence-corrected chi connectivity index (χ3v) is 9.10. The van der Waals surface area contributed by atoms with Crippen molar-refractivity contribution in [2.75, 3.05) is 0 Å². The Morgan fingerprint density at radius 1 is 0.611 bits per heavy atom. The van der Waals surface area contributed by atoms with Crippen molar-refractivity contribution in [3.63, 3.8) is 0 Å². The van der Waals surface area contributed by atoms with Crippen LogP contribution in [0.25, 0.3) is 11.1 Å². The Balaban J connectivity index is 1.72. The molecule has 0 saturated heterocycles. The van der Waals surface area contributed by atoms with Crippen LogP contribution in [0.1, 0.15) is 84.7 Å². The topological polar surface area (TPSA) is 34.1 Å². The summed E-state index contributed by atoms with van der Waals surface area (Å²) < 4.78 is 61.2. The number of carbonyl (C=O) groups is 2. The molecule has 0 aromatic carbocycles. The number of thiophene rings is 2. The number of Topliss-reactive ketones (excluding diaryl/α,β-unsaturated/α-hetero) is 2. The van der Waals surface area contributed by atoms with Gasteiger partial charge in [0, 0.05) is 30.7 Å². The Labute approximate surface area is 217 Å². The number of hydrogen-bond acceptors (Lipinski definition) is 4. The van der Waals surface area contributed by atoms with E-state index < -0.39 is 45.7 Å². The lowest BCUT2D eigenvalue weighted by Gasteiger charge is -2.16. The molecule has 0 fully saturated rings. The number of ketones is 2. The van der Waals surface area contributed by atoms with E-state index in [1.54, 1.807) is 12.1 Å². The highest BCUT2D eigenvalue weighted by atomic mass is 32.1. The first-order chi connectivity index (χ1) is 17.1. The summed E-state index contributed by atoms with van der Waals surface area (Å²) in [7, 11) is 0. The second-order valence-electron chi connectivity index (χ2n) is 9.46. The normalized spacial score (nSPS) is 18.6. The number of hydrogen-bond donors (Lipinski definition) is 0. The zero-order chi connectivity index (χ0) is 26.1. The van der Waals surface area contributed by atoms with Gasteiger partial charge >= 0.3 is 11.8 Å². The highest BCUT2D eigenvalue weighted by Gasteiger charge is 2.66. The van der Waals surface area contributed by atoms with Crippen LogP contribution in [-0.2, 0) is 22.4 Å². The number of alkyl halides is 4. The molecule has 0 bridgehead atoms. The van der Waals surface area contributed by atoms with Crippen molar-refractivity contribution >= 4 is 45.4 Å². The van der Waals surface area contributed by atoms with Crippen molar-refractivity contribution in [3.05, 3.63) is 54.9 Å². The van der Waals surface area contributed by atoms with Gasteiger partial charge in [0.05, 0.1) is 11.1 Å². The van der Waals surface area contributed by atoms with E-state index in [1.165, 1.54) is 12.1 Å². The molecular weight excluding hydrogens is 508 g/mol. The predicted octanol–water partition coefficient (Wildman–Crippen LogP) is 8.70. The Morgan fingerprint density at radius 2 is 1.00 bits per heavy atom. The highest BCUT2D eigenvalue weighted by Crippen LogP contribution is 2.58. The molecule has 2 aromatic heterocycles. The van der Waals surface area contributed by atoms with Crippen LogP contribution in [0, 0.1) is 0 Å². The Morgan fingerprint density at radius 3 is 1.36 bits per heavy atom. The Kier molecular flexibility index (Phi) is 8.05. The molecular formula is C28H30F4O2S2. The van der Waals surface area contributed by atoms with Gasteiger partial charge in [0.2, 0.25) is 11.6 Å². The number of aryl methyl sites for hydroxylation is 2. The van der Waals surface area contributed by atoms with Gasteiger partial charge in [0.1, 0.15) is 0 Å². The predicted molar refractivity (Wildman–Crippen MR) is 138 cm³/mol. The van der Waals surface area contributed by atoms with Crippen molar-refractivity contribution < 1.29 is 27.2 Å². The first-order valence-electron chi connectivity index (χ1n) is 12.7. The van der Waals surface area contributed by atoms with Gasteiger partial charge in [-0.25, -0.2) is 0 Å². The summed E-state index contributed by atoms with van der Waals surface area (Å²) in [5, 5.41) is 0. The van der Waals surface area contributed by atoms with Crippen LogP contribution in [0.3, 0.4) is 0 Å². The van der Waals surface area contributed by atoms with Crippen molar-refractivity contribution in [2.24, 2.45) is 0 Å². The van der Waals surface area contributed by atoms with E-state index in [0.717, 1.165) is 83.8 Å². The summed E-state index contributed by atoms with van der Waals surface area (Å²) in [4.78, 5) is 27.5. The van der Waals surface area contributed by atoms with Crippen LogP contribution in [0.4, 0.5) is 17.6 Å². The van der Waals surface area contributed by atoms with Crippen LogP contribution < -0.4 is 0 Å². The maximum Gasteiger partial charge on any atom is 0.337 e. The van der Waals surface area contributed by atoms with E-state index >= 15 is 17.6 Å². The SMILES string of the molecule is CCCCCCc1ccc(C2=C3C(=O)C(F)(F)C(c4ccc(CCCCCC)s4)=C3C(=O)C2(F)F)s1. The Bertz CT molecular complexity index is 1120. The molecule has 36 heavy (non-hydrogen) atoms. The average Bonchev–Trinajstić information content (AvgIpc) is 3.57. The van der Waals surface area contributed by atoms with E-state index in [1.807, 2.05) is 0 Å². The van der Waals surface area contributed by atoms with Gasteiger partial charge in [0.15, 0.2) is 0 Å². The van der Waals surface area contributed by atoms with Gasteiger partial charge in [-0.15, -0.1) is 22.7 Å². The lowest BCUT2D eigenvalue weighted by molar-refractivity contribution is -0.130. The lowest BCUT2D eigenvalue weighted by Crippen LogP contribution is -2.30. The zero-order valence-electron chi connectivity index (χ0n) is 20.5. The molecule has 0 saturated carbocycles. The number of rotatable bonds is 12. The fraction of sp³-hybridized carbons (Fsp3) is 0.500. The summed E-state index contributed by atoms with van der Waals surface area (Å²) in [6.07, 6.45) is 9.44. The van der Waals surface area contributed by atoms with Gasteiger partial charge in [-0.2, -0.15) is 17.6 Å². The summed E-state index contributed by atoms with van der Waals surface area (Å²) in [6, 6.07) is 6.22. The molecule has 0 aliphatic heterocycles. The highest BCUT2D eigenvalue weighted by molar-refractivity contribution is 7.13. The molecule has 2 aromatic rings. The number of fused-ring (bicyclic) bond motifs is 1. The quantitative estimate of drug-likeness (QED) is 0.200. The van der Waals surface area contributed by atoms with Gasteiger partial charge in [-0.1, -0.05) is 52.4 Å². The van der Waals surface area contributed by atoms with Crippen LogP contribution in [0.2, 0.25) is 0 Å². The van der Waals surface area contributed by atoms with E-state index in [4.69, 9.17) is 0 Å². The van der Waals surface area contributed by atoms with Crippen LogP contribution in [0.15, 0.2) is 35.4 Å². The minimum atomic E-state index is -4.02. The molecule has 8 heteroatoms. The van der Waals surface area contributed by atoms with Crippen molar-refractivity contribution in [1.82, 2.24) is 0 Å². The minimum absolute atomic E-state index is 0.0111. The van der Waals surface area contributed by atoms with E-state index in [9.17, 15) is 9.59 Å². The number of halogens is 4. The molecule has 0 spiro atoms. The molecule has 0 N–H and O–H groups in total. The molecule has 194 valence electrons. The maximum absolute atomic E-state index is 15.3. The summed E-state index contributed by atoms with van der Waals surface area (Å²) in [5.41, 5.74) is -3.32. The number of carbonyl (C=O) groups excluding carboxylic acids is 2.